The predicted octanol–water partition coefficient (Wildman–Crippen LogP) is -2.21. The molecular formula is C13H25N3O6. The number of aliphatic carboxylic acids is 1. The number of amides is 2. The normalized spacial score (nSPS) is 16.5. The third-order valence-corrected chi connectivity index (χ3v) is 2.92. The fraction of sp³-hybridized carbons (Fsp3) is 0.769. The maximum Gasteiger partial charge on any atom is 0.328 e. The first kappa shape index (κ1) is 20.3. The molecule has 0 aliphatic carbocycles. The summed E-state index contributed by atoms with van der Waals surface area (Å²) in [6.45, 7) is 4.22. The lowest BCUT2D eigenvalue weighted by atomic mass is 10.0. The van der Waals surface area contributed by atoms with E-state index in [1.54, 1.807) is 0 Å². The first-order valence-electron chi connectivity index (χ1n) is 6.98. The van der Waals surface area contributed by atoms with Crippen LogP contribution in [0.2, 0.25) is 0 Å². The van der Waals surface area contributed by atoms with Gasteiger partial charge in [0.2, 0.25) is 11.8 Å². The van der Waals surface area contributed by atoms with Crippen molar-refractivity contribution in [3.05, 3.63) is 0 Å². The average molecular weight is 319 g/mol. The molecule has 0 radical (unpaired) electrons. The van der Waals surface area contributed by atoms with Crippen LogP contribution in [0.25, 0.3) is 0 Å². The molecule has 0 aromatic heterocycles. The summed E-state index contributed by atoms with van der Waals surface area (Å²) in [4.78, 5) is 34.6. The molecule has 9 heteroatoms. The van der Waals surface area contributed by atoms with E-state index in [0.717, 1.165) is 0 Å². The fourth-order valence-corrected chi connectivity index (χ4v) is 1.73. The van der Waals surface area contributed by atoms with Crippen LogP contribution in [0.3, 0.4) is 0 Å². The minimum atomic E-state index is -1.52. The number of nitrogens with two attached hydrogens (primary N) is 1. The van der Waals surface area contributed by atoms with Crippen LogP contribution in [0.5, 0.6) is 0 Å². The van der Waals surface area contributed by atoms with Gasteiger partial charge in [0.1, 0.15) is 12.1 Å². The molecule has 9 nitrogen and oxygen atoms in total. The smallest absolute Gasteiger partial charge is 0.328 e. The van der Waals surface area contributed by atoms with E-state index < -0.39 is 48.6 Å². The van der Waals surface area contributed by atoms with Crippen LogP contribution in [-0.4, -0.2) is 63.9 Å². The first-order valence-corrected chi connectivity index (χ1v) is 6.98. The molecule has 0 fully saturated rings. The summed E-state index contributed by atoms with van der Waals surface area (Å²) in [6, 6.07) is -3.73. The molecule has 4 unspecified atom stereocenters. The van der Waals surface area contributed by atoms with Crippen LogP contribution in [0.15, 0.2) is 0 Å². The van der Waals surface area contributed by atoms with Gasteiger partial charge < -0.3 is 31.7 Å². The fourth-order valence-electron chi connectivity index (χ4n) is 1.73. The summed E-state index contributed by atoms with van der Waals surface area (Å²) in [5.74, 6) is -2.79. The number of carboxylic acid groups (broad SMARTS) is 1. The standard InChI is InChI=1S/C13H25N3O6/c1-6(2)4-8(14)11(19)16-10(7(3)18)12(20)15-9(5-17)13(21)22/h6-10,17-18H,4-5,14H2,1-3H3,(H,15,20)(H,16,19)(H,21,22). The molecule has 2 amide bonds. The van der Waals surface area contributed by atoms with E-state index in [1.807, 2.05) is 19.2 Å². The first-order chi connectivity index (χ1) is 10.1. The summed E-state index contributed by atoms with van der Waals surface area (Å²) < 4.78 is 0. The second-order valence-electron chi connectivity index (χ2n) is 5.54. The number of rotatable bonds is 9. The summed E-state index contributed by atoms with van der Waals surface area (Å²) in [7, 11) is 0. The van der Waals surface area contributed by atoms with E-state index in [0.29, 0.717) is 6.42 Å². The third-order valence-electron chi connectivity index (χ3n) is 2.92. The molecule has 0 saturated heterocycles. The van der Waals surface area contributed by atoms with Crippen LogP contribution >= 0.6 is 0 Å². The zero-order valence-electron chi connectivity index (χ0n) is 12.9. The maximum absolute atomic E-state index is 11.9. The van der Waals surface area contributed by atoms with Crippen molar-refractivity contribution in [3.8, 4) is 0 Å². The second-order valence-corrected chi connectivity index (χ2v) is 5.54. The van der Waals surface area contributed by atoms with Gasteiger partial charge in [-0.1, -0.05) is 13.8 Å². The molecule has 0 heterocycles. The molecule has 0 aromatic carbocycles. The number of aliphatic hydroxyl groups is 2. The number of nitrogens with one attached hydrogen (secondary N) is 2. The molecule has 0 rings (SSSR count). The Morgan fingerprint density at radius 3 is 2.00 bits per heavy atom. The van der Waals surface area contributed by atoms with Crippen molar-refractivity contribution in [1.29, 1.82) is 0 Å². The Bertz CT molecular complexity index is 399. The van der Waals surface area contributed by atoms with Crippen molar-refractivity contribution in [1.82, 2.24) is 10.6 Å². The molecular weight excluding hydrogens is 294 g/mol. The van der Waals surface area contributed by atoms with Crippen LogP contribution in [0.1, 0.15) is 27.2 Å². The number of carbonyl (C=O) groups excluding carboxylic acids is 2. The summed E-state index contributed by atoms with van der Waals surface area (Å²) in [5.41, 5.74) is 5.68. The quantitative estimate of drug-likeness (QED) is 0.280. The minimum absolute atomic E-state index is 0.172. The number of carboxylic acids is 1. The van der Waals surface area contributed by atoms with Crippen LogP contribution in [-0.2, 0) is 14.4 Å². The van der Waals surface area contributed by atoms with E-state index >= 15 is 0 Å². The Labute approximate surface area is 128 Å². The van der Waals surface area contributed by atoms with Crippen molar-refractivity contribution in [2.24, 2.45) is 11.7 Å². The monoisotopic (exact) mass is 319 g/mol. The number of carbonyl (C=O) groups is 3. The van der Waals surface area contributed by atoms with Gasteiger partial charge in [0.05, 0.1) is 18.8 Å². The minimum Gasteiger partial charge on any atom is -0.480 e. The molecule has 0 spiro atoms. The lowest BCUT2D eigenvalue weighted by Gasteiger charge is -2.24. The van der Waals surface area contributed by atoms with Crippen LogP contribution < -0.4 is 16.4 Å². The lowest BCUT2D eigenvalue weighted by Crippen LogP contribution is -2.58. The second kappa shape index (κ2) is 9.34. The van der Waals surface area contributed by atoms with E-state index in [4.69, 9.17) is 15.9 Å². The van der Waals surface area contributed by atoms with Crippen molar-refractivity contribution < 1.29 is 29.7 Å². The summed E-state index contributed by atoms with van der Waals surface area (Å²) in [5, 5.41) is 31.5. The molecule has 0 aliphatic heterocycles. The Kier molecular flexibility index (Phi) is 8.61. The number of aliphatic hydroxyl groups excluding tert-OH is 2. The highest BCUT2D eigenvalue weighted by atomic mass is 16.4. The number of hydrogen-bond acceptors (Lipinski definition) is 6. The number of hydrogen-bond donors (Lipinski definition) is 6. The average Bonchev–Trinajstić information content (AvgIpc) is 2.39. The highest BCUT2D eigenvalue weighted by Crippen LogP contribution is 2.04. The van der Waals surface area contributed by atoms with Gasteiger partial charge >= 0.3 is 5.97 Å². The van der Waals surface area contributed by atoms with Gasteiger partial charge in [-0.25, -0.2) is 4.79 Å². The van der Waals surface area contributed by atoms with Crippen molar-refractivity contribution in [2.45, 2.75) is 51.4 Å². The molecule has 0 bridgehead atoms. The summed E-state index contributed by atoms with van der Waals surface area (Å²) >= 11 is 0. The third kappa shape index (κ3) is 6.83. The van der Waals surface area contributed by atoms with Gasteiger partial charge in [0.15, 0.2) is 0 Å². The van der Waals surface area contributed by atoms with Gasteiger partial charge in [-0.15, -0.1) is 0 Å². The zero-order valence-corrected chi connectivity index (χ0v) is 12.9. The van der Waals surface area contributed by atoms with Gasteiger partial charge in [-0.3, -0.25) is 9.59 Å². The molecule has 0 aliphatic rings. The van der Waals surface area contributed by atoms with Gasteiger partial charge in [0, 0.05) is 0 Å². The van der Waals surface area contributed by atoms with Crippen molar-refractivity contribution in [2.75, 3.05) is 6.61 Å². The van der Waals surface area contributed by atoms with Crippen molar-refractivity contribution in [3.63, 3.8) is 0 Å². The molecule has 0 saturated carbocycles. The van der Waals surface area contributed by atoms with Crippen LogP contribution in [0.4, 0.5) is 0 Å². The van der Waals surface area contributed by atoms with E-state index in [1.165, 1.54) is 6.92 Å². The molecule has 0 aromatic rings. The molecule has 4 atom stereocenters. The van der Waals surface area contributed by atoms with Gasteiger partial charge in [-0.05, 0) is 19.3 Å². The molecule has 22 heavy (non-hydrogen) atoms. The SMILES string of the molecule is CC(C)CC(N)C(=O)NC(C(=O)NC(CO)C(=O)O)C(C)O. The highest BCUT2D eigenvalue weighted by Gasteiger charge is 2.30. The molecule has 128 valence electrons. The van der Waals surface area contributed by atoms with Gasteiger partial charge in [0.25, 0.3) is 0 Å². The highest BCUT2D eigenvalue weighted by molar-refractivity contribution is 5.92. The van der Waals surface area contributed by atoms with Gasteiger partial charge in [-0.2, -0.15) is 0 Å². The lowest BCUT2D eigenvalue weighted by molar-refractivity contribution is -0.144. The predicted molar refractivity (Wildman–Crippen MR) is 77.7 cm³/mol. The molecule has 7 N–H and O–H groups in total. The Hall–Kier alpha value is -1.71. The Morgan fingerprint density at radius 2 is 1.64 bits per heavy atom. The van der Waals surface area contributed by atoms with Crippen LogP contribution in [0, 0.1) is 5.92 Å². The zero-order chi connectivity index (χ0) is 17.4. The Balaban J connectivity index is 4.82. The van der Waals surface area contributed by atoms with Crippen molar-refractivity contribution >= 4 is 17.8 Å². The van der Waals surface area contributed by atoms with E-state index in [9.17, 15) is 19.5 Å². The summed E-state index contributed by atoms with van der Waals surface area (Å²) in [6.07, 6.45) is -0.864. The Morgan fingerprint density at radius 1 is 1.09 bits per heavy atom. The van der Waals surface area contributed by atoms with E-state index in [-0.39, 0.29) is 5.92 Å². The van der Waals surface area contributed by atoms with E-state index in [2.05, 4.69) is 5.32 Å². The topological polar surface area (TPSA) is 162 Å². The maximum atomic E-state index is 11.9. The largest absolute Gasteiger partial charge is 0.480 e.